The van der Waals surface area contributed by atoms with Gasteiger partial charge in [0.15, 0.2) is 0 Å². The Morgan fingerprint density at radius 1 is 1.21 bits per heavy atom. The molecule has 1 unspecified atom stereocenters. The molecule has 2 rings (SSSR count). The Labute approximate surface area is 146 Å². The van der Waals surface area contributed by atoms with E-state index in [1.54, 1.807) is 35.4 Å². The monoisotopic (exact) mass is 346 g/mol. The fraction of sp³-hybridized carbons (Fsp3) is 0.389. The molecule has 1 atom stereocenters. The van der Waals surface area contributed by atoms with Gasteiger partial charge in [0.1, 0.15) is 0 Å². The first-order valence-electron chi connectivity index (χ1n) is 7.80. The Kier molecular flexibility index (Phi) is 5.39. The van der Waals surface area contributed by atoms with E-state index in [1.165, 1.54) is 12.1 Å². The standard InChI is InChI=1S/C18H22N2O3S/c1-10(2)16-19-11(3)15(24-16)12(4)20(5)17(21)13-7-6-8-14(9-13)18(22)23/h6-10,12H,1-5H3,(H,22,23). The van der Waals surface area contributed by atoms with E-state index >= 15 is 0 Å². The van der Waals surface area contributed by atoms with Crippen molar-refractivity contribution in [3.8, 4) is 0 Å². The van der Waals surface area contributed by atoms with E-state index < -0.39 is 5.97 Å². The van der Waals surface area contributed by atoms with Crippen molar-refractivity contribution in [3.63, 3.8) is 0 Å². The molecule has 0 radical (unpaired) electrons. The zero-order valence-corrected chi connectivity index (χ0v) is 15.3. The summed E-state index contributed by atoms with van der Waals surface area (Å²) in [5, 5.41) is 10.1. The molecule has 0 bridgehead atoms. The smallest absolute Gasteiger partial charge is 0.335 e. The first-order valence-corrected chi connectivity index (χ1v) is 8.61. The van der Waals surface area contributed by atoms with Gasteiger partial charge in [-0.05, 0) is 32.0 Å². The van der Waals surface area contributed by atoms with Crippen molar-refractivity contribution in [1.29, 1.82) is 0 Å². The summed E-state index contributed by atoms with van der Waals surface area (Å²) >= 11 is 1.63. The quantitative estimate of drug-likeness (QED) is 0.884. The number of aromatic nitrogens is 1. The molecule has 1 aromatic carbocycles. The lowest BCUT2D eigenvalue weighted by Crippen LogP contribution is -2.29. The number of carbonyl (C=O) groups is 2. The van der Waals surface area contributed by atoms with E-state index in [2.05, 4.69) is 18.8 Å². The van der Waals surface area contributed by atoms with Crippen LogP contribution in [0.25, 0.3) is 0 Å². The van der Waals surface area contributed by atoms with Gasteiger partial charge in [-0.1, -0.05) is 19.9 Å². The molecule has 1 N–H and O–H groups in total. The normalized spacial score (nSPS) is 12.2. The third-order valence-electron chi connectivity index (χ3n) is 3.98. The van der Waals surface area contributed by atoms with Gasteiger partial charge in [0, 0.05) is 23.4 Å². The number of nitrogens with zero attached hydrogens (tertiary/aromatic N) is 2. The minimum absolute atomic E-state index is 0.109. The van der Waals surface area contributed by atoms with Crippen LogP contribution in [0, 0.1) is 6.92 Å². The van der Waals surface area contributed by atoms with Gasteiger partial charge >= 0.3 is 5.97 Å². The Morgan fingerprint density at radius 2 is 1.83 bits per heavy atom. The van der Waals surface area contributed by atoms with Crippen LogP contribution in [0.2, 0.25) is 0 Å². The number of rotatable bonds is 5. The lowest BCUT2D eigenvalue weighted by atomic mass is 10.1. The topological polar surface area (TPSA) is 70.5 Å². The number of aryl methyl sites for hydroxylation is 1. The van der Waals surface area contributed by atoms with Crippen molar-refractivity contribution < 1.29 is 14.7 Å². The number of thiazole rings is 1. The summed E-state index contributed by atoms with van der Waals surface area (Å²) in [6, 6.07) is 5.98. The van der Waals surface area contributed by atoms with Gasteiger partial charge in [-0.2, -0.15) is 0 Å². The molecule has 1 aromatic heterocycles. The molecule has 0 aliphatic carbocycles. The summed E-state index contributed by atoms with van der Waals surface area (Å²) in [5.74, 6) is -0.896. The maximum atomic E-state index is 12.7. The predicted octanol–water partition coefficient (Wildman–Crippen LogP) is 4.11. The van der Waals surface area contributed by atoms with E-state index in [9.17, 15) is 9.59 Å². The minimum atomic E-state index is -1.04. The number of aromatic carboxylic acids is 1. The van der Waals surface area contributed by atoms with Gasteiger partial charge in [-0.3, -0.25) is 4.79 Å². The maximum Gasteiger partial charge on any atom is 0.335 e. The minimum Gasteiger partial charge on any atom is -0.478 e. The van der Waals surface area contributed by atoms with Gasteiger partial charge in [0.2, 0.25) is 0 Å². The van der Waals surface area contributed by atoms with Crippen molar-refractivity contribution >= 4 is 23.2 Å². The second kappa shape index (κ2) is 7.13. The molecule has 0 spiro atoms. The highest BCUT2D eigenvalue weighted by molar-refractivity contribution is 7.11. The van der Waals surface area contributed by atoms with Crippen LogP contribution in [0.4, 0.5) is 0 Å². The lowest BCUT2D eigenvalue weighted by Gasteiger charge is -2.24. The average molecular weight is 346 g/mol. The van der Waals surface area contributed by atoms with Gasteiger partial charge in [0.05, 0.1) is 22.3 Å². The van der Waals surface area contributed by atoms with Crippen molar-refractivity contribution in [1.82, 2.24) is 9.88 Å². The number of hydrogen-bond acceptors (Lipinski definition) is 4. The zero-order valence-electron chi connectivity index (χ0n) is 14.5. The molecule has 24 heavy (non-hydrogen) atoms. The maximum absolute atomic E-state index is 12.7. The summed E-state index contributed by atoms with van der Waals surface area (Å²) in [7, 11) is 1.73. The molecule has 0 aliphatic rings. The Morgan fingerprint density at radius 3 is 2.38 bits per heavy atom. The van der Waals surface area contributed by atoms with Crippen molar-refractivity contribution in [2.45, 2.75) is 39.7 Å². The first kappa shape index (κ1) is 18.1. The predicted molar refractivity (Wildman–Crippen MR) is 94.8 cm³/mol. The van der Waals surface area contributed by atoms with Gasteiger partial charge < -0.3 is 10.0 Å². The van der Waals surface area contributed by atoms with Crippen LogP contribution in [0.5, 0.6) is 0 Å². The van der Waals surface area contributed by atoms with Crippen LogP contribution in [-0.4, -0.2) is 33.9 Å². The number of carbonyl (C=O) groups excluding carboxylic acids is 1. The van der Waals surface area contributed by atoms with Crippen LogP contribution in [-0.2, 0) is 0 Å². The van der Waals surface area contributed by atoms with E-state index in [-0.39, 0.29) is 17.5 Å². The molecule has 5 nitrogen and oxygen atoms in total. The number of carboxylic acid groups (broad SMARTS) is 1. The molecular weight excluding hydrogens is 324 g/mol. The molecule has 0 saturated carbocycles. The van der Waals surface area contributed by atoms with Crippen LogP contribution in [0.3, 0.4) is 0 Å². The van der Waals surface area contributed by atoms with Crippen molar-refractivity contribution in [3.05, 3.63) is 51.0 Å². The van der Waals surface area contributed by atoms with E-state index in [0.717, 1.165) is 15.6 Å². The van der Waals surface area contributed by atoms with Crippen LogP contribution >= 0.6 is 11.3 Å². The summed E-state index contributed by atoms with van der Waals surface area (Å²) in [6.07, 6.45) is 0. The molecule has 1 heterocycles. The van der Waals surface area contributed by atoms with Crippen LogP contribution < -0.4 is 0 Å². The Hall–Kier alpha value is -2.21. The first-order chi connectivity index (χ1) is 11.2. The van der Waals surface area contributed by atoms with Gasteiger partial charge in [0.25, 0.3) is 5.91 Å². The number of hydrogen-bond donors (Lipinski definition) is 1. The van der Waals surface area contributed by atoms with Crippen LogP contribution in [0.15, 0.2) is 24.3 Å². The lowest BCUT2D eigenvalue weighted by molar-refractivity contribution is 0.0697. The highest BCUT2D eigenvalue weighted by Crippen LogP contribution is 2.32. The molecule has 1 amide bonds. The number of benzene rings is 1. The third kappa shape index (κ3) is 3.64. The van der Waals surface area contributed by atoms with Crippen LogP contribution in [0.1, 0.15) is 69.0 Å². The Balaban J connectivity index is 2.27. The third-order valence-corrected chi connectivity index (χ3v) is 5.61. The second-order valence-electron chi connectivity index (χ2n) is 6.13. The summed E-state index contributed by atoms with van der Waals surface area (Å²) in [5.41, 5.74) is 1.42. The summed E-state index contributed by atoms with van der Waals surface area (Å²) < 4.78 is 0. The average Bonchev–Trinajstić information content (AvgIpc) is 2.95. The zero-order chi connectivity index (χ0) is 18.0. The SMILES string of the molecule is Cc1nc(C(C)C)sc1C(C)N(C)C(=O)c1cccc(C(=O)O)c1. The highest BCUT2D eigenvalue weighted by atomic mass is 32.1. The fourth-order valence-corrected chi connectivity index (χ4v) is 3.57. The van der Waals surface area contributed by atoms with Gasteiger partial charge in [-0.15, -0.1) is 11.3 Å². The highest BCUT2D eigenvalue weighted by Gasteiger charge is 2.24. The van der Waals surface area contributed by atoms with E-state index in [1.807, 2.05) is 13.8 Å². The largest absolute Gasteiger partial charge is 0.478 e. The second-order valence-corrected chi connectivity index (χ2v) is 7.20. The van der Waals surface area contributed by atoms with Gasteiger partial charge in [-0.25, -0.2) is 9.78 Å². The molecule has 6 heteroatoms. The Bertz CT molecular complexity index is 767. The molecular formula is C18H22N2O3S. The fourth-order valence-electron chi connectivity index (χ4n) is 2.40. The van der Waals surface area contributed by atoms with E-state index in [0.29, 0.717) is 11.5 Å². The van der Waals surface area contributed by atoms with Crippen molar-refractivity contribution in [2.75, 3.05) is 7.05 Å². The molecule has 0 aliphatic heterocycles. The molecule has 128 valence electrons. The number of amides is 1. The van der Waals surface area contributed by atoms with Crippen molar-refractivity contribution in [2.24, 2.45) is 0 Å². The number of carboxylic acids is 1. The molecule has 0 fully saturated rings. The van der Waals surface area contributed by atoms with E-state index in [4.69, 9.17) is 5.11 Å². The molecule has 2 aromatic rings. The summed E-state index contributed by atoms with van der Waals surface area (Å²) in [4.78, 5) is 31.1. The molecule has 0 saturated heterocycles. The summed E-state index contributed by atoms with van der Waals surface area (Å²) in [6.45, 7) is 8.11.